The van der Waals surface area contributed by atoms with Gasteiger partial charge in [-0.2, -0.15) is 4.98 Å². The van der Waals surface area contributed by atoms with Crippen LogP contribution in [0.15, 0.2) is 9.59 Å². The maximum Gasteiger partial charge on any atom is 0.311 e. The molecule has 21 heavy (non-hydrogen) atoms. The maximum atomic E-state index is 12.3. The Morgan fingerprint density at radius 1 is 1.52 bits per heavy atom. The van der Waals surface area contributed by atoms with Crippen LogP contribution >= 0.6 is 11.3 Å². The summed E-state index contributed by atoms with van der Waals surface area (Å²) in [6.07, 6.45) is 2.68. The van der Waals surface area contributed by atoms with Crippen LogP contribution in [0.25, 0.3) is 10.3 Å². The van der Waals surface area contributed by atoms with E-state index in [0.717, 1.165) is 30.6 Å². The summed E-state index contributed by atoms with van der Waals surface area (Å²) in [7, 11) is 0. The number of thiazole rings is 1. The molecule has 0 spiro atoms. The van der Waals surface area contributed by atoms with Gasteiger partial charge in [-0.3, -0.25) is 19.1 Å². The molecule has 0 saturated carbocycles. The Kier molecular flexibility index (Phi) is 3.58. The number of anilines is 1. The van der Waals surface area contributed by atoms with Gasteiger partial charge in [0.05, 0.1) is 6.10 Å². The smallest absolute Gasteiger partial charge is 0.311 e. The zero-order chi connectivity index (χ0) is 15.1. The highest BCUT2D eigenvalue weighted by molar-refractivity contribution is 7.16. The van der Waals surface area contributed by atoms with Gasteiger partial charge in [0.1, 0.15) is 10.9 Å². The molecule has 3 rings (SSSR count). The van der Waals surface area contributed by atoms with E-state index in [-0.39, 0.29) is 34.6 Å². The van der Waals surface area contributed by atoms with Crippen LogP contribution in [0.1, 0.15) is 39.3 Å². The van der Waals surface area contributed by atoms with Gasteiger partial charge in [0.15, 0.2) is 5.65 Å². The normalized spacial score (nSPS) is 25.7. The summed E-state index contributed by atoms with van der Waals surface area (Å²) >= 11 is 0.883. The predicted molar refractivity (Wildman–Crippen MR) is 81.5 cm³/mol. The number of fused-ring (bicyclic) bond motifs is 1. The van der Waals surface area contributed by atoms with Crippen LogP contribution in [-0.2, 0) is 4.74 Å². The van der Waals surface area contributed by atoms with Crippen molar-refractivity contribution in [2.24, 2.45) is 5.92 Å². The lowest BCUT2D eigenvalue weighted by Gasteiger charge is -2.17. The van der Waals surface area contributed by atoms with Crippen molar-refractivity contribution in [2.75, 3.05) is 5.73 Å². The summed E-state index contributed by atoms with van der Waals surface area (Å²) in [5.74, 6) is 0.203. The van der Waals surface area contributed by atoms with Crippen molar-refractivity contribution < 1.29 is 4.74 Å². The minimum Gasteiger partial charge on any atom is -0.369 e. The van der Waals surface area contributed by atoms with E-state index in [1.807, 2.05) is 6.92 Å². The van der Waals surface area contributed by atoms with Gasteiger partial charge in [0, 0.05) is 5.92 Å². The minimum atomic E-state index is -0.380. The van der Waals surface area contributed by atoms with Crippen molar-refractivity contribution in [1.29, 1.82) is 0 Å². The molecule has 3 heterocycles. The largest absolute Gasteiger partial charge is 0.369 e. The summed E-state index contributed by atoms with van der Waals surface area (Å²) in [4.78, 5) is 30.4. The van der Waals surface area contributed by atoms with Gasteiger partial charge in [-0.05, 0) is 12.8 Å². The van der Waals surface area contributed by atoms with Crippen LogP contribution in [0.4, 0.5) is 5.95 Å². The molecule has 3 atom stereocenters. The van der Waals surface area contributed by atoms with Crippen molar-refractivity contribution in [3.8, 4) is 0 Å². The predicted octanol–water partition coefficient (Wildman–Crippen LogP) is 1.45. The van der Waals surface area contributed by atoms with Crippen molar-refractivity contribution in [3.05, 3.63) is 20.0 Å². The van der Waals surface area contributed by atoms with E-state index in [1.165, 1.54) is 4.57 Å². The van der Waals surface area contributed by atoms with E-state index in [4.69, 9.17) is 10.5 Å². The number of rotatable bonds is 3. The molecule has 0 bridgehead atoms. The van der Waals surface area contributed by atoms with E-state index in [1.54, 1.807) is 0 Å². The standard InChI is InChI=1S/C13H18N4O3S/c1-3-4-7-5-6(2)11(20-7)17-9-8(21-13(17)19)10(18)16-12(14)15-9/h6-7,11H,3-5H2,1-2H3,(H3,14,15,16,18)/t6-,7-,11-/m1/s1. The number of hydrogen-bond acceptors (Lipinski definition) is 6. The Morgan fingerprint density at radius 3 is 3.00 bits per heavy atom. The van der Waals surface area contributed by atoms with Crippen molar-refractivity contribution in [3.63, 3.8) is 0 Å². The number of nitrogens with two attached hydrogens (primary N) is 1. The molecule has 7 nitrogen and oxygen atoms in total. The third-order valence-electron chi connectivity index (χ3n) is 3.81. The molecule has 2 aromatic rings. The van der Waals surface area contributed by atoms with Gasteiger partial charge >= 0.3 is 4.87 Å². The molecule has 8 heteroatoms. The third-order valence-corrected chi connectivity index (χ3v) is 4.75. The summed E-state index contributed by atoms with van der Waals surface area (Å²) in [5, 5.41) is 0. The van der Waals surface area contributed by atoms with E-state index in [0.29, 0.717) is 10.3 Å². The molecule has 1 fully saturated rings. The number of nitrogens with one attached hydrogen (secondary N) is 1. The second-order valence-electron chi connectivity index (χ2n) is 5.49. The van der Waals surface area contributed by atoms with Crippen LogP contribution in [0.3, 0.4) is 0 Å². The Hall–Kier alpha value is -1.67. The topological polar surface area (TPSA) is 103 Å². The number of hydrogen-bond donors (Lipinski definition) is 2. The average Bonchev–Trinajstić information content (AvgIpc) is 2.90. The summed E-state index contributed by atoms with van der Waals surface area (Å²) in [6, 6.07) is 0. The van der Waals surface area contributed by atoms with Gasteiger partial charge in [0.2, 0.25) is 5.95 Å². The fourth-order valence-electron chi connectivity index (χ4n) is 2.91. The molecule has 0 unspecified atom stereocenters. The second-order valence-corrected chi connectivity index (χ2v) is 6.45. The maximum absolute atomic E-state index is 12.3. The summed E-state index contributed by atoms with van der Waals surface area (Å²) in [6.45, 7) is 4.15. The van der Waals surface area contributed by atoms with Crippen LogP contribution in [-0.4, -0.2) is 20.6 Å². The highest BCUT2D eigenvalue weighted by Crippen LogP contribution is 2.36. The fraction of sp³-hybridized carbons (Fsp3) is 0.615. The molecule has 1 aliphatic rings. The number of aromatic nitrogens is 3. The average molecular weight is 310 g/mol. The zero-order valence-electron chi connectivity index (χ0n) is 12.0. The summed E-state index contributed by atoms with van der Waals surface area (Å²) < 4.78 is 7.78. The highest BCUT2D eigenvalue weighted by atomic mass is 32.1. The minimum absolute atomic E-state index is 0.00908. The number of nitrogen functional groups attached to an aromatic ring is 1. The first-order chi connectivity index (χ1) is 10.0. The van der Waals surface area contributed by atoms with Crippen molar-refractivity contribution in [1.82, 2.24) is 14.5 Å². The van der Waals surface area contributed by atoms with Gasteiger partial charge in [-0.15, -0.1) is 0 Å². The Balaban J connectivity index is 2.11. The molecule has 114 valence electrons. The lowest BCUT2D eigenvalue weighted by Crippen LogP contribution is -2.24. The third kappa shape index (κ3) is 2.38. The molecule has 1 aliphatic heterocycles. The summed E-state index contributed by atoms with van der Waals surface area (Å²) in [5.41, 5.74) is 5.53. The Bertz CT molecular complexity index is 778. The molecule has 2 aromatic heterocycles. The van der Waals surface area contributed by atoms with Gasteiger partial charge in [0.25, 0.3) is 5.56 Å². The molecule has 0 aliphatic carbocycles. The van der Waals surface area contributed by atoms with E-state index in [2.05, 4.69) is 16.9 Å². The number of nitrogens with zero attached hydrogens (tertiary/aromatic N) is 2. The van der Waals surface area contributed by atoms with E-state index < -0.39 is 0 Å². The van der Waals surface area contributed by atoms with E-state index in [9.17, 15) is 9.59 Å². The molecule has 0 amide bonds. The van der Waals surface area contributed by atoms with Gasteiger partial charge < -0.3 is 10.5 Å². The number of H-pyrrole nitrogens is 1. The fourth-order valence-corrected chi connectivity index (χ4v) is 3.75. The van der Waals surface area contributed by atoms with Gasteiger partial charge in [-0.1, -0.05) is 31.6 Å². The molecular weight excluding hydrogens is 292 g/mol. The molecule has 0 aromatic carbocycles. The number of aromatic amines is 1. The van der Waals surface area contributed by atoms with Gasteiger partial charge in [-0.25, -0.2) is 0 Å². The lowest BCUT2D eigenvalue weighted by atomic mass is 10.0. The van der Waals surface area contributed by atoms with Crippen LogP contribution in [0.5, 0.6) is 0 Å². The number of ether oxygens (including phenoxy) is 1. The second kappa shape index (κ2) is 5.27. The molecule has 0 radical (unpaired) electrons. The highest BCUT2D eigenvalue weighted by Gasteiger charge is 2.35. The Morgan fingerprint density at radius 2 is 2.29 bits per heavy atom. The first-order valence-corrected chi connectivity index (χ1v) is 7.89. The van der Waals surface area contributed by atoms with Crippen molar-refractivity contribution in [2.45, 2.75) is 45.4 Å². The van der Waals surface area contributed by atoms with Crippen LogP contribution in [0.2, 0.25) is 0 Å². The zero-order valence-corrected chi connectivity index (χ0v) is 12.8. The first kappa shape index (κ1) is 14.3. The monoisotopic (exact) mass is 310 g/mol. The Labute approximate surface area is 124 Å². The quantitative estimate of drug-likeness (QED) is 0.893. The molecular formula is C13H18N4O3S. The lowest BCUT2D eigenvalue weighted by molar-refractivity contribution is -0.0121. The first-order valence-electron chi connectivity index (χ1n) is 7.07. The molecule has 3 N–H and O–H groups in total. The van der Waals surface area contributed by atoms with Crippen LogP contribution < -0.4 is 16.2 Å². The SMILES string of the molecule is CCC[C@@H]1C[C@@H](C)[C@H](n2c(=O)sc3c(=O)[nH]c(N)nc32)O1. The molecule has 1 saturated heterocycles. The van der Waals surface area contributed by atoms with E-state index >= 15 is 0 Å². The van der Waals surface area contributed by atoms with Crippen LogP contribution in [0, 0.1) is 5.92 Å². The van der Waals surface area contributed by atoms with Crippen molar-refractivity contribution >= 4 is 27.6 Å².